The third-order valence-corrected chi connectivity index (χ3v) is 10.4. The molecular weight excluding hydrogens is 538 g/mol. The Morgan fingerprint density at radius 2 is 1.59 bits per heavy atom. The quantitative estimate of drug-likeness (QED) is 0.372. The molecule has 1 amide bonds. The number of benzene rings is 2. The molecule has 3 rings (SSSR count). The van der Waals surface area contributed by atoms with Crippen LogP contribution in [-0.4, -0.2) is 39.7 Å². The van der Waals surface area contributed by atoms with Gasteiger partial charge in [0.25, 0.3) is 10.0 Å². The highest BCUT2D eigenvalue weighted by molar-refractivity contribution is 7.91. The van der Waals surface area contributed by atoms with Crippen LogP contribution in [0.2, 0.25) is 0 Å². The predicted molar refractivity (Wildman–Crippen MR) is 151 cm³/mol. The van der Waals surface area contributed by atoms with Crippen LogP contribution in [0.15, 0.2) is 40.1 Å². The first-order chi connectivity index (χ1) is 18.3. The monoisotopic (exact) mass is 579 g/mol. The number of amides is 1. The Morgan fingerprint density at radius 1 is 1.00 bits per heavy atom. The number of hydrogen-bond acceptors (Lipinski definition) is 7. The second kappa shape index (κ2) is 12.9. The van der Waals surface area contributed by atoms with Gasteiger partial charge < -0.3 is 9.84 Å². The van der Waals surface area contributed by atoms with E-state index >= 15 is 0 Å². The first kappa shape index (κ1) is 31.3. The first-order valence-electron chi connectivity index (χ1n) is 13.6. The van der Waals surface area contributed by atoms with Crippen molar-refractivity contribution in [2.75, 3.05) is 5.75 Å². The molecule has 0 aliphatic heterocycles. The van der Waals surface area contributed by atoms with E-state index in [1.54, 1.807) is 0 Å². The van der Waals surface area contributed by atoms with Gasteiger partial charge in [0.1, 0.15) is 0 Å². The summed E-state index contributed by atoms with van der Waals surface area (Å²) in [5.74, 6) is -0.671. The Hall–Kier alpha value is -2.27. The van der Waals surface area contributed by atoms with Gasteiger partial charge in [-0.15, -0.1) is 0 Å². The maximum Gasteiger partial charge on any atom is 0.264 e. The van der Waals surface area contributed by atoms with Crippen LogP contribution in [0.3, 0.4) is 0 Å². The van der Waals surface area contributed by atoms with Gasteiger partial charge in [-0.1, -0.05) is 59.6 Å². The van der Waals surface area contributed by atoms with Gasteiger partial charge in [-0.2, -0.15) is 0 Å². The summed E-state index contributed by atoms with van der Waals surface area (Å²) in [7, 11) is -7.96. The normalized spacial score (nSPS) is 14.9. The standard InChI is InChI=1S/C29H41NO7S2/c1-6-38(33,34)24-11-12-28(22(15-24)17-31)39(35,36)30-29(32)16-27-25(19(2)3)13-21(14-26(27)20(4)5)18-37-23-9-7-8-10-23/h11-15,19-20,23,31H,6-10,16-18H2,1-5H3,(H,30,32). The Morgan fingerprint density at radius 3 is 2.10 bits per heavy atom. The number of sulfone groups is 1. The molecule has 0 spiro atoms. The Kier molecular flexibility index (Phi) is 10.4. The highest BCUT2D eigenvalue weighted by Gasteiger charge is 2.26. The van der Waals surface area contributed by atoms with E-state index in [9.17, 15) is 26.7 Å². The molecule has 2 aromatic carbocycles. The molecule has 1 fully saturated rings. The molecule has 0 unspecified atom stereocenters. The molecule has 2 N–H and O–H groups in total. The van der Waals surface area contributed by atoms with E-state index in [0.717, 1.165) is 47.2 Å². The summed E-state index contributed by atoms with van der Waals surface area (Å²) in [4.78, 5) is 12.7. The van der Waals surface area contributed by atoms with Crippen LogP contribution in [-0.2, 0) is 49.0 Å². The van der Waals surface area contributed by atoms with Gasteiger partial charge in [-0.25, -0.2) is 21.6 Å². The number of rotatable bonds is 12. The van der Waals surface area contributed by atoms with Crippen molar-refractivity contribution in [3.63, 3.8) is 0 Å². The van der Waals surface area contributed by atoms with Crippen molar-refractivity contribution in [1.82, 2.24) is 4.72 Å². The average Bonchev–Trinajstić information content (AvgIpc) is 3.40. The van der Waals surface area contributed by atoms with Crippen LogP contribution < -0.4 is 4.72 Å². The van der Waals surface area contributed by atoms with Crippen LogP contribution in [0.1, 0.15) is 100.0 Å². The van der Waals surface area contributed by atoms with Crippen molar-refractivity contribution in [2.24, 2.45) is 0 Å². The topological polar surface area (TPSA) is 127 Å². The van der Waals surface area contributed by atoms with Crippen molar-refractivity contribution in [2.45, 2.75) is 108 Å². The van der Waals surface area contributed by atoms with E-state index in [1.165, 1.54) is 25.8 Å². The molecule has 2 aromatic rings. The molecule has 216 valence electrons. The average molecular weight is 580 g/mol. The summed E-state index contributed by atoms with van der Waals surface area (Å²) in [5.41, 5.74) is 3.69. The summed E-state index contributed by atoms with van der Waals surface area (Å²) in [6, 6.07) is 7.54. The van der Waals surface area contributed by atoms with E-state index in [0.29, 0.717) is 6.61 Å². The highest BCUT2D eigenvalue weighted by atomic mass is 32.2. The lowest BCUT2D eigenvalue weighted by atomic mass is 9.85. The van der Waals surface area contributed by atoms with Crippen LogP contribution in [0.25, 0.3) is 0 Å². The van der Waals surface area contributed by atoms with Crippen molar-refractivity contribution in [1.29, 1.82) is 0 Å². The van der Waals surface area contributed by atoms with Gasteiger partial charge in [-0.3, -0.25) is 4.79 Å². The molecule has 8 nitrogen and oxygen atoms in total. The number of ether oxygens (including phenoxy) is 1. The first-order valence-corrected chi connectivity index (χ1v) is 16.7. The molecule has 0 radical (unpaired) electrons. The Labute approximate surface area is 233 Å². The second-order valence-corrected chi connectivity index (χ2v) is 14.7. The number of aliphatic hydroxyl groups excluding tert-OH is 1. The maximum atomic E-state index is 13.1. The van der Waals surface area contributed by atoms with Crippen LogP contribution in [0.4, 0.5) is 0 Å². The van der Waals surface area contributed by atoms with Gasteiger partial charge in [0.2, 0.25) is 5.91 Å². The number of carbonyl (C=O) groups excluding carboxylic acids is 1. The molecule has 1 aliphatic rings. The fourth-order valence-corrected chi connectivity index (χ4v) is 7.20. The number of hydrogen-bond donors (Lipinski definition) is 2. The summed E-state index contributed by atoms with van der Waals surface area (Å²) >= 11 is 0. The van der Waals surface area contributed by atoms with E-state index in [1.807, 2.05) is 27.7 Å². The molecular formula is C29H41NO7S2. The molecule has 0 heterocycles. The largest absolute Gasteiger partial charge is 0.392 e. The van der Waals surface area contributed by atoms with Crippen molar-refractivity contribution < 1.29 is 31.5 Å². The van der Waals surface area contributed by atoms with Gasteiger partial charge >= 0.3 is 0 Å². The van der Waals surface area contributed by atoms with Crippen LogP contribution >= 0.6 is 0 Å². The van der Waals surface area contributed by atoms with E-state index in [-0.39, 0.29) is 45.5 Å². The smallest absolute Gasteiger partial charge is 0.264 e. The zero-order valence-electron chi connectivity index (χ0n) is 23.5. The predicted octanol–water partition coefficient (Wildman–Crippen LogP) is 4.73. The summed E-state index contributed by atoms with van der Waals surface area (Å²) in [5, 5.41) is 9.77. The third-order valence-electron chi connectivity index (χ3n) is 7.23. The maximum absolute atomic E-state index is 13.1. The van der Waals surface area contributed by atoms with Gasteiger partial charge in [-0.05, 0) is 70.7 Å². The fourth-order valence-electron chi connectivity index (χ4n) is 5.07. The molecule has 1 aliphatic carbocycles. The highest BCUT2D eigenvalue weighted by Crippen LogP contribution is 2.31. The number of nitrogens with one attached hydrogen (secondary N) is 1. The minimum Gasteiger partial charge on any atom is -0.392 e. The lowest BCUT2D eigenvalue weighted by molar-refractivity contribution is -0.118. The lowest BCUT2D eigenvalue weighted by Gasteiger charge is -2.22. The Bertz CT molecular complexity index is 1360. The molecule has 0 aromatic heterocycles. The van der Waals surface area contributed by atoms with E-state index < -0.39 is 32.4 Å². The van der Waals surface area contributed by atoms with Crippen LogP contribution in [0, 0.1) is 0 Å². The lowest BCUT2D eigenvalue weighted by Crippen LogP contribution is -2.33. The Balaban J connectivity index is 1.88. The molecule has 39 heavy (non-hydrogen) atoms. The molecule has 1 saturated carbocycles. The second-order valence-electron chi connectivity index (χ2n) is 10.8. The van der Waals surface area contributed by atoms with Crippen molar-refractivity contribution in [3.8, 4) is 0 Å². The molecule has 0 bridgehead atoms. The fraction of sp³-hybridized carbons (Fsp3) is 0.552. The van der Waals surface area contributed by atoms with Crippen LogP contribution in [0.5, 0.6) is 0 Å². The van der Waals surface area contributed by atoms with Crippen molar-refractivity contribution >= 4 is 25.8 Å². The molecule has 0 saturated heterocycles. The summed E-state index contributed by atoms with van der Waals surface area (Å²) in [6.07, 6.45) is 4.69. The molecule has 10 heteroatoms. The number of aliphatic hydroxyl groups is 1. The number of sulfonamides is 1. The number of carbonyl (C=O) groups is 1. The van der Waals surface area contributed by atoms with Gasteiger partial charge in [0.15, 0.2) is 9.84 Å². The van der Waals surface area contributed by atoms with Gasteiger partial charge in [0, 0.05) is 0 Å². The SMILES string of the molecule is CCS(=O)(=O)c1ccc(S(=O)(=O)NC(=O)Cc2c(C(C)C)cc(COC3CCCC3)cc2C(C)C)c(CO)c1. The third kappa shape index (κ3) is 7.68. The zero-order valence-corrected chi connectivity index (χ0v) is 25.1. The minimum absolute atomic E-state index is 0.0838. The van der Waals surface area contributed by atoms with Crippen molar-refractivity contribution in [3.05, 3.63) is 58.1 Å². The van der Waals surface area contributed by atoms with E-state index in [4.69, 9.17) is 4.74 Å². The van der Waals surface area contributed by atoms with Gasteiger partial charge in [0.05, 0.1) is 41.3 Å². The summed E-state index contributed by atoms with van der Waals surface area (Å²) in [6.45, 7) is 9.44. The summed E-state index contributed by atoms with van der Waals surface area (Å²) < 4.78 is 59.0. The minimum atomic E-state index is -4.36. The molecule has 0 atom stereocenters. The zero-order chi connectivity index (χ0) is 29.0. The van der Waals surface area contributed by atoms with E-state index in [2.05, 4.69) is 16.9 Å².